The summed E-state index contributed by atoms with van der Waals surface area (Å²) in [7, 11) is 0. The Morgan fingerprint density at radius 1 is 1.26 bits per heavy atom. The summed E-state index contributed by atoms with van der Waals surface area (Å²) in [5.41, 5.74) is -0.0821. The molecule has 0 aromatic heterocycles. The molecular formula is C15H29F2NO. The van der Waals surface area contributed by atoms with Gasteiger partial charge in [0.25, 0.3) is 6.43 Å². The normalized spacial score (nSPS) is 28.9. The number of ether oxygens (including phenoxy) is 1. The van der Waals surface area contributed by atoms with Crippen LogP contribution in [0.3, 0.4) is 0 Å². The molecule has 0 bridgehead atoms. The molecule has 0 unspecified atom stereocenters. The third-order valence-electron chi connectivity index (χ3n) is 4.33. The first-order valence-electron chi connectivity index (χ1n) is 7.42. The van der Waals surface area contributed by atoms with Crippen molar-refractivity contribution in [1.82, 2.24) is 5.32 Å². The van der Waals surface area contributed by atoms with Crippen LogP contribution in [0.25, 0.3) is 0 Å². The topological polar surface area (TPSA) is 21.3 Å². The van der Waals surface area contributed by atoms with Gasteiger partial charge in [0.1, 0.15) is 6.61 Å². The van der Waals surface area contributed by atoms with Crippen LogP contribution >= 0.6 is 0 Å². The number of hydrogen-bond acceptors (Lipinski definition) is 2. The molecule has 4 heteroatoms. The Bertz CT molecular complexity index is 255. The molecule has 0 amide bonds. The van der Waals surface area contributed by atoms with Crippen molar-refractivity contribution in [3.05, 3.63) is 0 Å². The molecule has 0 aliphatic heterocycles. The number of hydrogen-bond donors (Lipinski definition) is 1. The number of alkyl halides is 2. The third kappa shape index (κ3) is 5.35. The summed E-state index contributed by atoms with van der Waals surface area (Å²) in [5, 5.41) is 3.27. The van der Waals surface area contributed by atoms with Gasteiger partial charge >= 0.3 is 0 Å². The van der Waals surface area contributed by atoms with Gasteiger partial charge in [-0.3, -0.25) is 0 Å². The molecular weight excluding hydrogens is 248 g/mol. The molecule has 19 heavy (non-hydrogen) atoms. The predicted molar refractivity (Wildman–Crippen MR) is 74.6 cm³/mol. The fourth-order valence-electron chi connectivity index (χ4n) is 2.97. The maximum Gasteiger partial charge on any atom is 0.261 e. The molecule has 1 N–H and O–H groups in total. The number of likely N-dealkylation sites (N-methyl/N-ethyl adjacent to an activating group) is 1. The van der Waals surface area contributed by atoms with E-state index in [1.165, 1.54) is 0 Å². The second-order valence-electron chi connectivity index (χ2n) is 6.81. The van der Waals surface area contributed by atoms with Gasteiger partial charge in [0.05, 0.1) is 5.60 Å². The van der Waals surface area contributed by atoms with Crippen molar-refractivity contribution in [3.63, 3.8) is 0 Å². The maximum atomic E-state index is 12.4. The van der Waals surface area contributed by atoms with Gasteiger partial charge < -0.3 is 10.1 Å². The summed E-state index contributed by atoms with van der Waals surface area (Å²) in [6, 6.07) is 0. The van der Waals surface area contributed by atoms with Crippen molar-refractivity contribution in [2.75, 3.05) is 19.7 Å². The van der Waals surface area contributed by atoms with Crippen molar-refractivity contribution in [3.8, 4) is 0 Å². The highest BCUT2D eigenvalue weighted by atomic mass is 19.3. The van der Waals surface area contributed by atoms with E-state index < -0.39 is 13.0 Å². The minimum Gasteiger partial charge on any atom is -0.368 e. The molecule has 0 aromatic rings. The lowest BCUT2D eigenvalue weighted by Crippen LogP contribution is -2.48. The average molecular weight is 277 g/mol. The summed E-state index contributed by atoms with van der Waals surface area (Å²) < 4.78 is 30.4. The summed E-state index contributed by atoms with van der Waals surface area (Å²) in [5.74, 6) is 0.664. The summed E-state index contributed by atoms with van der Waals surface area (Å²) >= 11 is 0. The highest BCUT2D eigenvalue weighted by Crippen LogP contribution is 2.42. The van der Waals surface area contributed by atoms with Crippen LogP contribution in [-0.2, 0) is 4.74 Å². The second kappa shape index (κ2) is 6.98. The van der Waals surface area contributed by atoms with Crippen molar-refractivity contribution in [2.45, 2.75) is 65.4 Å². The van der Waals surface area contributed by atoms with Crippen molar-refractivity contribution >= 4 is 0 Å². The average Bonchev–Trinajstić information content (AvgIpc) is 2.34. The van der Waals surface area contributed by atoms with Crippen molar-refractivity contribution < 1.29 is 13.5 Å². The number of rotatable bonds is 6. The zero-order valence-electron chi connectivity index (χ0n) is 12.8. The SMILES string of the molecule is CCNCC1(OCC(F)F)CCC(C(C)(C)C)CC1. The van der Waals surface area contributed by atoms with Gasteiger partial charge in [0.15, 0.2) is 0 Å². The molecule has 1 aliphatic carbocycles. The Morgan fingerprint density at radius 2 is 1.84 bits per heavy atom. The van der Waals surface area contributed by atoms with Crippen LogP contribution in [0, 0.1) is 11.3 Å². The Hall–Kier alpha value is -0.220. The zero-order valence-corrected chi connectivity index (χ0v) is 12.8. The van der Waals surface area contributed by atoms with E-state index in [1.807, 2.05) is 6.92 Å². The van der Waals surface area contributed by atoms with Crippen LogP contribution in [0.2, 0.25) is 0 Å². The van der Waals surface area contributed by atoms with Crippen molar-refractivity contribution in [1.29, 1.82) is 0 Å². The van der Waals surface area contributed by atoms with E-state index in [1.54, 1.807) is 0 Å². The molecule has 0 atom stereocenters. The fourth-order valence-corrected chi connectivity index (χ4v) is 2.97. The molecule has 0 aromatic carbocycles. The lowest BCUT2D eigenvalue weighted by Gasteiger charge is -2.44. The quantitative estimate of drug-likeness (QED) is 0.796. The van der Waals surface area contributed by atoms with Crippen LogP contribution in [0.5, 0.6) is 0 Å². The standard InChI is InChI=1S/C15H29F2NO/c1-5-18-11-15(19-10-13(16)17)8-6-12(7-9-15)14(2,3)4/h12-13,18H,5-11H2,1-4H3. The Balaban J connectivity index is 2.58. The molecule has 1 rings (SSSR count). The van der Waals surface area contributed by atoms with Gasteiger partial charge in [-0.15, -0.1) is 0 Å². The summed E-state index contributed by atoms with van der Waals surface area (Å²) in [6.07, 6.45) is 1.53. The van der Waals surface area contributed by atoms with Gasteiger partial charge in [-0.25, -0.2) is 8.78 Å². The Labute approximate surface area is 116 Å². The monoisotopic (exact) mass is 277 g/mol. The van der Waals surface area contributed by atoms with E-state index in [2.05, 4.69) is 26.1 Å². The zero-order chi connectivity index (χ0) is 14.5. The number of halogens is 2. The van der Waals surface area contributed by atoms with E-state index in [0.717, 1.165) is 32.2 Å². The minimum absolute atomic E-state index is 0.299. The molecule has 1 fully saturated rings. The molecule has 0 heterocycles. The first-order chi connectivity index (χ1) is 8.79. The highest BCUT2D eigenvalue weighted by molar-refractivity contribution is 4.92. The van der Waals surface area contributed by atoms with Crippen LogP contribution in [0.15, 0.2) is 0 Å². The van der Waals surface area contributed by atoms with E-state index in [-0.39, 0.29) is 5.60 Å². The van der Waals surface area contributed by atoms with Gasteiger partial charge in [-0.05, 0) is 43.6 Å². The van der Waals surface area contributed by atoms with Crippen LogP contribution < -0.4 is 5.32 Å². The van der Waals surface area contributed by atoms with E-state index in [4.69, 9.17) is 4.74 Å². The maximum absolute atomic E-state index is 12.4. The largest absolute Gasteiger partial charge is 0.368 e. The first-order valence-corrected chi connectivity index (χ1v) is 7.42. The van der Waals surface area contributed by atoms with Gasteiger partial charge in [0.2, 0.25) is 0 Å². The molecule has 2 nitrogen and oxygen atoms in total. The molecule has 0 saturated heterocycles. The molecule has 1 aliphatic rings. The second-order valence-corrected chi connectivity index (χ2v) is 6.81. The summed E-state index contributed by atoms with van der Waals surface area (Å²) in [6.45, 7) is 9.90. The Morgan fingerprint density at radius 3 is 2.26 bits per heavy atom. The van der Waals surface area contributed by atoms with Gasteiger partial charge in [-0.2, -0.15) is 0 Å². The first kappa shape index (κ1) is 16.8. The third-order valence-corrected chi connectivity index (χ3v) is 4.33. The van der Waals surface area contributed by atoms with Crippen LogP contribution in [0.1, 0.15) is 53.4 Å². The molecule has 114 valence electrons. The van der Waals surface area contributed by atoms with E-state index in [0.29, 0.717) is 17.9 Å². The predicted octanol–water partition coefficient (Wildman–Crippen LogP) is 3.85. The van der Waals surface area contributed by atoms with Crippen LogP contribution in [0.4, 0.5) is 8.78 Å². The van der Waals surface area contributed by atoms with Crippen molar-refractivity contribution in [2.24, 2.45) is 11.3 Å². The minimum atomic E-state index is -2.38. The van der Waals surface area contributed by atoms with Crippen LogP contribution in [-0.4, -0.2) is 31.7 Å². The summed E-state index contributed by atoms with van der Waals surface area (Å²) in [4.78, 5) is 0. The van der Waals surface area contributed by atoms with E-state index in [9.17, 15) is 8.78 Å². The smallest absolute Gasteiger partial charge is 0.261 e. The molecule has 0 spiro atoms. The van der Waals surface area contributed by atoms with Gasteiger partial charge in [-0.1, -0.05) is 27.7 Å². The van der Waals surface area contributed by atoms with Gasteiger partial charge in [0, 0.05) is 6.54 Å². The number of nitrogens with one attached hydrogen (secondary N) is 1. The lowest BCUT2D eigenvalue weighted by molar-refractivity contribution is -0.115. The molecule has 0 radical (unpaired) electrons. The fraction of sp³-hybridized carbons (Fsp3) is 1.00. The molecule has 1 saturated carbocycles. The Kier molecular flexibility index (Phi) is 6.18. The van der Waals surface area contributed by atoms with E-state index >= 15 is 0 Å². The highest BCUT2D eigenvalue weighted by Gasteiger charge is 2.39. The lowest BCUT2D eigenvalue weighted by atomic mass is 9.68.